The van der Waals surface area contributed by atoms with E-state index in [1.807, 2.05) is 24.3 Å². The lowest BCUT2D eigenvalue weighted by atomic mass is 9.62. The number of ketones is 3. The van der Waals surface area contributed by atoms with E-state index in [1.165, 1.54) is 38.5 Å². The van der Waals surface area contributed by atoms with E-state index >= 15 is 0 Å². The Kier molecular flexibility index (Phi) is 5.83. The molecule has 7 rings (SSSR count). The Balaban J connectivity index is 1.57. The average molecular weight is 561 g/mol. The van der Waals surface area contributed by atoms with E-state index in [-0.39, 0.29) is 17.1 Å². The molecule has 1 fully saturated rings. The van der Waals surface area contributed by atoms with Crippen LogP contribution in [0, 0.1) is 11.2 Å². The van der Waals surface area contributed by atoms with Crippen LogP contribution in [0.25, 0.3) is 0 Å². The van der Waals surface area contributed by atoms with Crippen LogP contribution in [0.5, 0.6) is 11.5 Å². The van der Waals surface area contributed by atoms with Crippen LogP contribution >= 0.6 is 0 Å². The van der Waals surface area contributed by atoms with Gasteiger partial charge in [0.15, 0.2) is 17.3 Å². The summed E-state index contributed by atoms with van der Waals surface area (Å²) in [6.45, 7) is 0. The van der Waals surface area contributed by atoms with Gasteiger partial charge in [-0.05, 0) is 41.5 Å². The number of fused-ring (bicyclic) bond motifs is 5. The number of hydrogen-bond donors (Lipinski definition) is 0. The molecule has 3 aliphatic rings. The van der Waals surface area contributed by atoms with E-state index in [0.29, 0.717) is 33.8 Å². The fourth-order valence-corrected chi connectivity index (χ4v) is 6.98. The van der Waals surface area contributed by atoms with Gasteiger partial charge < -0.3 is 9.47 Å². The maximum absolute atomic E-state index is 14.8. The Bertz CT molecular complexity index is 1780. The second-order valence-corrected chi connectivity index (χ2v) is 10.6. The SMILES string of the molecule is COc1ccc([C@H]2[C@@H](C(=O)c3ccc(F)cc3)N3N=Cc4ccccc4[C@@H]3C23C(=O)c2ccccc2C3=O)c(OC)c1. The molecule has 208 valence electrons. The van der Waals surface area contributed by atoms with Gasteiger partial charge in [0.05, 0.1) is 26.5 Å². The number of ether oxygens (including phenoxy) is 2. The lowest BCUT2D eigenvalue weighted by molar-refractivity contribution is 0.0585. The summed E-state index contributed by atoms with van der Waals surface area (Å²) in [6.07, 6.45) is 1.65. The van der Waals surface area contributed by atoms with Crippen LogP contribution in [0.3, 0.4) is 0 Å². The minimum Gasteiger partial charge on any atom is -0.497 e. The zero-order valence-corrected chi connectivity index (χ0v) is 22.8. The smallest absolute Gasteiger partial charge is 0.187 e. The molecule has 0 amide bonds. The van der Waals surface area contributed by atoms with Gasteiger partial charge in [-0.2, -0.15) is 5.10 Å². The van der Waals surface area contributed by atoms with Crippen LogP contribution in [0.15, 0.2) is 96.1 Å². The fourth-order valence-electron chi connectivity index (χ4n) is 6.98. The van der Waals surface area contributed by atoms with Gasteiger partial charge in [-0.15, -0.1) is 0 Å². The zero-order chi connectivity index (χ0) is 29.2. The third-order valence-electron chi connectivity index (χ3n) is 8.75. The summed E-state index contributed by atoms with van der Waals surface area (Å²) in [4.78, 5) is 44.2. The lowest BCUT2D eigenvalue weighted by Crippen LogP contribution is -2.44. The van der Waals surface area contributed by atoms with E-state index < -0.39 is 35.0 Å². The van der Waals surface area contributed by atoms with Crippen LogP contribution in [-0.4, -0.2) is 48.8 Å². The molecule has 0 bridgehead atoms. The Morgan fingerprint density at radius 2 is 1.50 bits per heavy atom. The van der Waals surface area contributed by atoms with Gasteiger partial charge in [0.1, 0.15) is 28.8 Å². The molecule has 7 nitrogen and oxygen atoms in total. The van der Waals surface area contributed by atoms with Crippen LogP contribution in [-0.2, 0) is 0 Å². The van der Waals surface area contributed by atoms with Crippen molar-refractivity contribution in [2.24, 2.45) is 10.5 Å². The molecule has 0 N–H and O–H groups in total. The zero-order valence-electron chi connectivity index (χ0n) is 22.8. The molecular weight excluding hydrogens is 535 g/mol. The minimum absolute atomic E-state index is 0.235. The van der Waals surface area contributed by atoms with Gasteiger partial charge in [0.25, 0.3) is 0 Å². The molecule has 1 spiro atoms. The second kappa shape index (κ2) is 9.48. The number of benzene rings is 4. The Morgan fingerprint density at radius 1 is 0.833 bits per heavy atom. The van der Waals surface area contributed by atoms with Crippen molar-refractivity contribution in [1.82, 2.24) is 5.01 Å². The number of halogens is 1. The number of Topliss-reactive ketones (excluding diaryl/α,β-unsaturated/α-hetero) is 3. The van der Waals surface area contributed by atoms with Crippen molar-refractivity contribution in [3.05, 3.63) is 130 Å². The van der Waals surface area contributed by atoms with Gasteiger partial charge in [-0.25, -0.2) is 4.39 Å². The van der Waals surface area contributed by atoms with Crippen molar-refractivity contribution in [3.8, 4) is 11.5 Å². The predicted molar refractivity (Wildman–Crippen MR) is 153 cm³/mol. The van der Waals surface area contributed by atoms with Gasteiger partial charge in [-0.3, -0.25) is 19.4 Å². The molecule has 1 aliphatic carbocycles. The number of nitrogens with zero attached hydrogens (tertiary/aromatic N) is 2. The number of hydrazone groups is 1. The van der Waals surface area contributed by atoms with Crippen LogP contribution in [0.4, 0.5) is 4.39 Å². The molecule has 0 radical (unpaired) electrons. The van der Waals surface area contributed by atoms with E-state index in [1.54, 1.807) is 53.7 Å². The number of hydrogen-bond acceptors (Lipinski definition) is 7. The Morgan fingerprint density at radius 3 is 2.17 bits per heavy atom. The minimum atomic E-state index is -1.75. The van der Waals surface area contributed by atoms with Crippen LogP contribution < -0.4 is 9.47 Å². The quantitative estimate of drug-likeness (QED) is 0.232. The van der Waals surface area contributed by atoms with Crippen molar-refractivity contribution in [3.63, 3.8) is 0 Å². The van der Waals surface area contributed by atoms with Crippen LogP contribution in [0.1, 0.15) is 59.7 Å². The number of methoxy groups -OCH3 is 2. The first-order chi connectivity index (χ1) is 20.4. The molecule has 8 heteroatoms. The van der Waals surface area contributed by atoms with Gasteiger partial charge in [-0.1, -0.05) is 54.6 Å². The number of carbonyl (C=O) groups is 3. The van der Waals surface area contributed by atoms with Crippen molar-refractivity contribution in [2.75, 3.05) is 14.2 Å². The molecular formula is C34H25FN2O5. The van der Waals surface area contributed by atoms with Crippen LogP contribution in [0.2, 0.25) is 0 Å². The van der Waals surface area contributed by atoms with E-state index in [4.69, 9.17) is 14.6 Å². The maximum atomic E-state index is 14.8. The van der Waals surface area contributed by atoms with E-state index in [2.05, 4.69) is 0 Å². The van der Waals surface area contributed by atoms with Gasteiger partial charge >= 0.3 is 0 Å². The summed E-state index contributed by atoms with van der Waals surface area (Å²) >= 11 is 0. The third-order valence-corrected chi connectivity index (χ3v) is 8.75. The molecule has 42 heavy (non-hydrogen) atoms. The Hall–Kier alpha value is -5.11. The molecule has 2 aliphatic heterocycles. The number of rotatable bonds is 5. The topological polar surface area (TPSA) is 85.3 Å². The van der Waals surface area contributed by atoms with Crippen molar-refractivity contribution < 1.29 is 28.2 Å². The van der Waals surface area contributed by atoms with Crippen molar-refractivity contribution in [1.29, 1.82) is 0 Å². The van der Waals surface area contributed by atoms with E-state index in [0.717, 1.165) is 5.56 Å². The first-order valence-electron chi connectivity index (χ1n) is 13.5. The van der Waals surface area contributed by atoms with Gasteiger partial charge in [0.2, 0.25) is 0 Å². The van der Waals surface area contributed by atoms with E-state index in [9.17, 15) is 18.8 Å². The molecule has 2 heterocycles. The molecule has 4 aromatic carbocycles. The summed E-state index contributed by atoms with van der Waals surface area (Å²) in [6, 6.07) is 22.6. The standard InChI is InChI=1S/C34H25FN2O5/c1-41-22-15-16-26(27(17-22)42-2)28-29(30(38)19-11-13-21(35)14-12-19)37-31(23-8-4-3-7-20(23)18-36-37)34(28)32(39)24-9-5-6-10-25(24)33(34)40/h3-18,28-29,31H,1-2H3/t28-,29-,31+/m0/s1. The van der Waals surface area contributed by atoms with Crippen molar-refractivity contribution in [2.45, 2.75) is 18.0 Å². The summed E-state index contributed by atoms with van der Waals surface area (Å²) in [5.74, 6) is -1.77. The number of carbonyl (C=O) groups excluding carboxylic acids is 3. The first-order valence-corrected chi connectivity index (χ1v) is 13.5. The molecule has 1 saturated heterocycles. The highest BCUT2D eigenvalue weighted by atomic mass is 19.1. The summed E-state index contributed by atoms with van der Waals surface area (Å²) in [5, 5.41) is 6.34. The van der Waals surface area contributed by atoms with Crippen molar-refractivity contribution >= 4 is 23.6 Å². The fraction of sp³-hybridized carbons (Fsp3) is 0.176. The molecule has 0 saturated carbocycles. The highest BCUT2D eigenvalue weighted by molar-refractivity contribution is 6.31. The first kappa shape index (κ1) is 25.8. The predicted octanol–water partition coefficient (Wildman–Crippen LogP) is 5.65. The average Bonchev–Trinajstić information content (AvgIpc) is 3.46. The summed E-state index contributed by atoms with van der Waals surface area (Å²) < 4.78 is 25.1. The lowest BCUT2D eigenvalue weighted by Gasteiger charge is -2.36. The molecule has 4 aromatic rings. The highest BCUT2D eigenvalue weighted by Crippen LogP contribution is 2.65. The Labute approximate surface area is 241 Å². The normalized spacial score (nSPS) is 21.2. The maximum Gasteiger partial charge on any atom is 0.187 e. The highest BCUT2D eigenvalue weighted by Gasteiger charge is 2.73. The molecule has 0 unspecified atom stereocenters. The largest absolute Gasteiger partial charge is 0.497 e. The summed E-state index contributed by atoms with van der Waals surface area (Å²) in [7, 11) is 3.02. The summed E-state index contributed by atoms with van der Waals surface area (Å²) in [5.41, 5.74) is 1.07. The van der Waals surface area contributed by atoms with Gasteiger partial charge in [0, 0.05) is 34.2 Å². The third kappa shape index (κ3) is 3.38. The molecule has 0 aromatic heterocycles. The monoisotopic (exact) mass is 560 g/mol. The molecule has 3 atom stereocenters. The second-order valence-electron chi connectivity index (χ2n) is 10.6.